The molecule has 1 atom stereocenters. The molecule has 1 unspecified atom stereocenters. The maximum Gasteiger partial charge on any atom is 0.236 e. The molecule has 51 heavy (non-hydrogen) atoms. The molecule has 4 aromatic rings. The molecule has 0 bridgehead atoms. The number of methoxy groups -OCH3 is 1. The Bertz CT molecular complexity index is 1720. The Morgan fingerprint density at radius 1 is 1.00 bits per heavy atom. The monoisotopic (exact) mass is 696 g/mol. The summed E-state index contributed by atoms with van der Waals surface area (Å²) < 4.78 is 18.1. The first-order valence-corrected chi connectivity index (χ1v) is 17.2. The van der Waals surface area contributed by atoms with E-state index in [9.17, 15) is 14.0 Å². The summed E-state index contributed by atoms with van der Waals surface area (Å²) >= 11 is 0. The molecule has 0 radical (unpaired) electrons. The fraction of sp³-hybridized carbons (Fsp3) is 0.359. The number of halogens is 1. The Kier molecular flexibility index (Phi) is 14.2. The minimum Gasteiger partial charge on any atom is -0.398 e. The smallest absolute Gasteiger partial charge is 0.236 e. The lowest BCUT2D eigenvalue weighted by molar-refractivity contribution is -0.133. The van der Waals surface area contributed by atoms with Crippen molar-refractivity contribution < 1.29 is 18.7 Å². The Hall–Kier alpha value is -5.20. The zero-order chi connectivity index (χ0) is 36.8. The van der Waals surface area contributed by atoms with Crippen molar-refractivity contribution in [2.45, 2.75) is 20.3 Å². The number of nitrogen functional groups attached to an aromatic ring is 1. The summed E-state index contributed by atoms with van der Waals surface area (Å²) in [6.07, 6.45) is 5.22. The van der Waals surface area contributed by atoms with Crippen LogP contribution in [0.25, 0.3) is 11.4 Å². The number of hydrogen-bond acceptors (Lipinski definition) is 10. The number of aldehydes is 1. The second-order valence-electron chi connectivity index (χ2n) is 12.3. The summed E-state index contributed by atoms with van der Waals surface area (Å²) in [7, 11) is 3.42. The van der Waals surface area contributed by atoms with Crippen LogP contribution in [0.3, 0.4) is 0 Å². The van der Waals surface area contributed by atoms with Crippen molar-refractivity contribution >= 4 is 35.0 Å². The summed E-state index contributed by atoms with van der Waals surface area (Å²) in [6.45, 7) is 9.13. The fourth-order valence-electron chi connectivity index (χ4n) is 6.13. The van der Waals surface area contributed by atoms with Crippen LogP contribution in [-0.4, -0.2) is 104 Å². The molecular weight excluding hydrogens is 647 g/mol. The first-order chi connectivity index (χ1) is 24.7. The normalized spacial score (nSPS) is 17.0. The second-order valence-corrected chi connectivity index (χ2v) is 12.3. The molecule has 0 saturated carbocycles. The number of rotatable bonds is 10. The third-order valence-electron chi connectivity index (χ3n) is 8.94. The highest BCUT2D eigenvalue weighted by Gasteiger charge is 2.39. The van der Waals surface area contributed by atoms with Crippen molar-refractivity contribution in [3.8, 4) is 11.4 Å². The van der Waals surface area contributed by atoms with Crippen LogP contribution in [0.5, 0.6) is 0 Å². The first kappa shape index (κ1) is 38.6. The van der Waals surface area contributed by atoms with E-state index in [1.165, 1.54) is 12.1 Å². The average molecular weight is 697 g/mol. The lowest BCUT2D eigenvalue weighted by Crippen LogP contribution is -2.51. The molecule has 12 heteroatoms. The SMILES string of the molecule is CC.CNc1ccc(N)c(C(=N)c2ccc(F)cc2)c1.COCC1(C=O)CCN(CC(=O)N2CCN(c3ccc(-c4ncccn4)cc3)CC2)C1. The van der Waals surface area contributed by atoms with Gasteiger partial charge in [0.2, 0.25) is 5.91 Å². The molecule has 3 heterocycles. The quantitative estimate of drug-likeness (QED) is 0.116. The van der Waals surface area contributed by atoms with E-state index < -0.39 is 5.41 Å². The van der Waals surface area contributed by atoms with Crippen molar-refractivity contribution in [2.24, 2.45) is 5.41 Å². The number of carbonyl (C=O) groups is 2. The maximum absolute atomic E-state index is 12.8. The van der Waals surface area contributed by atoms with Crippen LogP contribution in [0, 0.1) is 16.6 Å². The van der Waals surface area contributed by atoms with E-state index in [0.717, 1.165) is 55.1 Å². The van der Waals surface area contributed by atoms with E-state index in [1.807, 2.05) is 36.9 Å². The zero-order valence-corrected chi connectivity index (χ0v) is 29.9. The van der Waals surface area contributed by atoms with Gasteiger partial charge in [-0.05, 0) is 85.8 Å². The van der Waals surface area contributed by atoms with Gasteiger partial charge in [-0.3, -0.25) is 15.1 Å². The highest BCUT2D eigenvalue weighted by molar-refractivity contribution is 6.14. The summed E-state index contributed by atoms with van der Waals surface area (Å²) in [5.41, 5.74) is 10.5. The van der Waals surface area contributed by atoms with Gasteiger partial charge in [-0.25, -0.2) is 14.4 Å². The number of ether oxygens (including phenoxy) is 1. The Morgan fingerprint density at radius 3 is 2.27 bits per heavy atom. The van der Waals surface area contributed by atoms with Crippen LogP contribution in [0.1, 0.15) is 31.4 Å². The van der Waals surface area contributed by atoms with Gasteiger partial charge in [0.1, 0.15) is 12.1 Å². The third kappa shape index (κ3) is 10.2. The number of nitrogens with zero attached hydrogens (tertiary/aromatic N) is 5. The average Bonchev–Trinajstić information content (AvgIpc) is 3.59. The number of anilines is 3. The molecule has 2 fully saturated rings. The molecule has 2 aliphatic rings. The van der Waals surface area contributed by atoms with E-state index in [1.54, 1.807) is 56.9 Å². The van der Waals surface area contributed by atoms with E-state index in [0.29, 0.717) is 49.6 Å². The van der Waals surface area contributed by atoms with Crippen molar-refractivity contribution in [1.29, 1.82) is 5.41 Å². The zero-order valence-electron chi connectivity index (χ0n) is 29.9. The molecule has 6 rings (SSSR count). The second kappa shape index (κ2) is 18.7. The van der Waals surface area contributed by atoms with Gasteiger partial charge in [0.05, 0.1) is 24.3 Å². The van der Waals surface area contributed by atoms with E-state index in [-0.39, 0.29) is 17.4 Å². The first-order valence-electron chi connectivity index (χ1n) is 17.2. The van der Waals surface area contributed by atoms with Crippen molar-refractivity contribution in [1.82, 2.24) is 19.8 Å². The Labute approximate surface area is 300 Å². The summed E-state index contributed by atoms with van der Waals surface area (Å²) in [4.78, 5) is 39.2. The third-order valence-corrected chi connectivity index (χ3v) is 8.94. The predicted octanol–water partition coefficient (Wildman–Crippen LogP) is 5.22. The Balaban J connectivity index is 0.000000248. The minimum atomic E-state index is -0.468. The predicted molar refractivity (Wildman–Crippen MR) is 202 cm³/mol. The van der Waals surface area contributed by atoms with Gasteiger partial charge < -0.3 is 30.4 Å². The number of amides is 1. The molecule has 1 amide bonds. The number of likely N-dealkylation sites (tertiary alicyclic amines) is 1. The van der Waals surface area contributed by atoms with Crippen LogP contribution in [0.2, 0.25) is 0 Å². The molecule has 2 saturated heterocycles. The van der Waals surface area contributed by atoms with Gasteiger partial charge in [0.15, 0.2) is 5.82 Å². The number of carbonyl (C=O) groups excluding carboxylic acids is 2. The van der Waals surface area contributed by atoms with Crippen LogP contribution in [0.15, 0.2) is 85.2 Å². The van der Waals surface area contributed by atoms with Gasteiger partial charge >= 0.3 is 0 Å². The number of nitrogens with one attached hydrogen (secondary N) is 2. The van der Waals surface area contributed by atoms with Crippen LogP contribution < -0.4 is 16.0 Å². The van der Waals surface area contributed by atoms with Gasteiger partial charge in [-0.1, -0.05) is 13.8 Å². The molecule has 3 aromatic carbocycles. The highest BCUT2D eigenvalue weighted by atomic mass is 19.1. The molecule has 11 nitrogen and oxygen atoms in total. The highest BCUT2D eigenvalue weighted by Crippen LogP contribution is 2.29. The molecule has 4 N–H and O–H groups in total. The number of benzene rings is 3. The number of hydrogen-bond donors (Lipinski definition) is 3. The van der Waals surface area contributed by atoms with Gasteiger partial charge in [-0.15, -0.1) is 0 Å². The van der Waals surface area contributed by atoms with E-state index in [4.69, 9.17) is 15.9 Å². The summed E-state index contributed by atoms with van der Waals surface area (Å²) in [5.74, 6) is 0.536. The van der Waals surface area contributed by atoms with E-state index >= 15 is 0 Å². The lowest BCUT2D eigenvalue weighted by atomic mass is 9.90. The summed E-state index contributed by atoms with van der Waals surface area (Å²) in [5, 5.41) is 11.1. The summed E-state index contributed by atoms with van der Waals surface area (Å²) in [6, 6.07) is 21.3. The van der Waals surface area contributed by atoms with Crippen molar-refractivity contribution in [3.63, 3.8) is 0 Å². The van der Waals surface area contributed by atoms with Crippen LogP contribution in [0.4, 0.5) is 21.5 Å². The largest absolute Gasteiger partial charge is 0.398 e. The van der Waals surface area contributed by atoms with Gasteiger partial charge in [0.25, 0.3) is 0 Å². The maximum atomic E-state index is 12.8. The standard InChI is InChI=1S/C23H29N5O3.C14H14FN3.C2H6/c1-31-18-23(17-29)7-10-26(16-23)15-21(30)28-13-11-27(12-14-28)20-5-3-19(4-6-20)22-24-8-2-9-25-22;1-18-11-6-7-13(16)12(8-11)14(17)9-2-4-10(15)5-3-9;1-2/h2-6,8-9,17H,7,10-16,18H2,1H3;2-8,17-18H,16H2,1H3;1-2H3. The van der Waals surface area contributed by atoms with Crippen molar-refractivity contribution in [3.05, 3.63) is 102 Å². The molecule has 0 spiro atoms. The molecule has 270 valence electrons. The van der Waals surface area contributed by atoms with E-state index in [2.05, 4.69) is 37.2 Å². The van der Waals surface area contributed by atoms with Gasteiger partial charge in [-0.2, -0.15) is 0 Å². The Morgan fingerprint density at radius 2 is 1.67 bits per heavy atom. The number of piperazine rings is 1. The van der Waals surface area contributed by atoms with Crippen LogP contribution in [-0.2, 0) is 14.3 Å². The molecule has 0 aliphatic carbocycles. The number of aromatic nitrogens is 2. The fourth-order valence-corrected chi connectivity index (χ4v) is 6.13. The molecule has 2 aliphatic heterocycles. The minimum absolute atomic E-state index is 0.135. The topological polar surface area (TPSA) is 141 Å². The molecular formula is C39H49FN8O3. The van der Waals surface area contributed by atoms with Gasteiger partial charge in [0, 0.05) is 93.0 Å². The lowest BCUT2D eigenvalue weighted by Gasteiger charge is -2.37. The number of nitrogens with two attached hydrogens (primary N) is 1. The van der Waals surface area contributed by atoms with Crippen LogP contribution >= 0.6 is 0 Å². The molecule has 1 aromatic heterocycles. The van der Waals surface area contributed by atoms with Crippen molar-refractivity contribution in [2.75, 3.05) is 82.5 Å².